The van der Waals surface area contributed by atoms with Crippen molar-refractivity contribution in [3.8, 4) is 11.5 Å². The van der Waals surface area contributed by atoms with Crippen molar-refractivity contribution in [1.29, 1.82) is 0 Å². The summed E-state index contributed by atoms with van der Waals surface area (Å²) in [6, 6.07) is 29.9. The number of nitrogens with zero attached hydrogens (tertiary/aromatic N) is 4. The largest absolute Gasteiger partial charge is 0.495 e. The molecule has 11 rings (SSSR count). The van der Waals surface area contributed by atoms with E-state index in [-0.39, 0.29) is 0 Å². The molecule has 10 heteroatoms. The maximum Gasteiger partial charge on any atom is 0.139 e. The molecule has 0 aliphatic carbocycles. The molecule has 0 amide bonds. The van der Waals surface area contributed by atoms with Crippen molar-refractivity contribution in [2.75, 3.05) is 14.2 Å². The van der Waals surface area contributed by atoms with E-state index in [1.54, 1.807) is 59.6 Å². The summed E-state index contributed by atoms with van der Waals surface area (Å²) in [6.45, 7) is 0. The molecule has 6 aromatic carbocycles. The second kappa shape index (κ2) is 9.77. The Kier molecular flexibility index (Phi) is 5.50. The van der Waals surface area contributed by atoms with E-state index in [1.807, 2.05) is 0 Å². The third-order valence-electron chi connectivity index (χ3n) is 9.16. The number of hydrogen-bond donors (Lipinski definition) is 0. The van der Waals surface area contributed by atoms with E-state index in [0.717, 1.165) is 115 Å². The summed E-state index contributed by atoms with van der Waals surface area (Å²) in [7, 11) is 3.46. The smallest absolute Gasteiger partial charge is 0.139 e. The van der Waals surface area contributed by atoms with Gasteiger partial charge in [-0.15, -0.1) is 45.3 Å². The minimum Gasteiger partial charge on any atom is -0.495 e. The maximum absolute atomic E-state index is 6.17. The molecular weight excluding hydrogens is 673 g/mol. The number of hydrogen-bond acceptors (Lipinski definition) is 10. The summed E-state index contributed by atoms with van der Waals surface area (Å²) >= 11 is 6.69. The molecule has 0 unspecified atom stereocenters. The summed E-state index contributed by atoms with van der Waals surface area (Å²) < 4.78 is 16.7. The highest BCUT2D eigenvalue weighted by Gasteiger charge is 2.18. The van der Waals surface area contributed by atoms with Gasteiger partial charge in [0.05, 0.1) is 76.6 Å². The molecule has 228 valence electrons. The van der Waals surface area contributed by atoms with E-state index in [4.69, 9.17) is 29.4 Å². The van der Waals surface area contributed by atoms with Crippen molar-refractivity contribution in [2.24, 2.45) is 0 Å². The number of fused-ring (bicyclic) bond motifs is 12. The Bertz CT molecular complexity index is 2810. The summed E-state index contributed by atoms with van der Waals surface area (Å²) in [4.78, 5) is 24.8. The highest BCUT2D eigenvalue weighted by Crippen LogP contribution is 2.44. The highest BCUT2D eigenvalue weighted by molar-refractivity contribution is 7.26. The summed E-state index contributed by atoms with van der Waals surface area (Å²) in [5.74, 6) is 1.54. The SMILES string of the molecule is COc1c2cccc1c1nc3c(ccc4ccc5sc(nc5c43)c3cccc(c3OC)c3nc4c(ccc5ccc6sc2nc6c54)s3)s1. The van der Waals surface area contributed by atoms with Crippen LogP contribution in [0.2, 0.25) is 0 Å². The van der Waals surface area contributed by atoms with Crippen molar-refractivity contribution in [3.05, 3.63) is 84.9 Å². The fourth-order valence-electron chi connectivity index (χ4n) is 7.02. The molecule has 6 nitrogen and oxygen atoms in total. The second-order valence-corrected chi connectivity index (χ2v) is 15.8. The summed E-state index contributed by atoms with van der Waals surface area (Å²) in [6.07, 6.45) is 0. The first-order valence-corrected chi connectivity index (χ1v) is 18.5. The van der Waals surface area contributed by atoms with Crippen LogP contribution in [0, 0.1) is 0 Å². The molecular formula is C38H20N4O2S4. The van der Waals surface area contributed by atoms with E-state index in [2.05, 4.69) is 84.9 Å². The zero-order chi connectivity index (χ0) is 31.7. The Balaban J connectivity index is 1.43. The molecule has 5 aromatic heterocycles. The minimum absolute atomic E-state index is 0.770. The fraction of sp³-hybridized carbons (Fsp3) is 0.0526. The first-order valence-electron chi connectivity index (χ1n) is 15.3. The van der Waals surface area contributed by atoms with Gasteiger partial charge in [0.1, 0.15) is 30.8 Å². The molecule has 0 saturated carbocycles. The molecule has 0 N–H and O–H groups in total. The number of benzene rings is 6. The van der Waals surface area contributed by atoms with Crippen molar-refractivity contribution < 1.29 is 9.47 Å². The van der Waals surface area contributed by atoms with Crippen LogP contribution in [0.4, 0.5) is 0 Å². The molecule has 0 saturated heterocycles. The van der Waals surface area contributed by atoms with Crippen molar-refractivity contribution >= 4 is 149 Å². The zero-order valence-electron chi connectivity index (χ0n) is 25.3. The summed E-state index contributed by atoms with van der Waals surface area (Å²) in [5.41, 5.74) is 3.79. The second-order valence-electron chi connectivity index (χ2n) is 11.7. The molecule has 0 aliphatic rings. The lowest BCUT2D eigenvalue weighted by atomic mass is 10.1. The summed E-state index contributed by atoms with van der Waals surface area (Å²) in [5, 5.41) is 8.12. The van der Waals surface area contributed by atoms with Gasteiger partial charge in [-0.05, 0) is 59.3 Å². The van der Waals surface area contributed by atoms with E-state index in [0.29, 0.717) is 0 Å². The molecule has 0 spiro atoms. The van der Waals surface area contributed by atoms with Gasteiger partial charge in [0.15, 0.2) is 0 Å². The van der Waals surface area contributed by atoms with Crippen molar-refractivity contribution in [3.63, 3.8) is 0 Å². The van der Waals surface area contributed by atoms with Gasteiger partial charge in [0, 0.05) is 10.8 Å². The third-order valence-corrected chi connectivity index (χ3v) is 13.4. The Morgan fingerprint density at radius 2 is 0.688 bits per heavy atom. The fourth-order valence-corrected chi connectivity index (χ4v) is 11.0. The monoisotopic (exact) mass is 692 g/mol. The Labute approximate surface area is 287 Å². The minimum atomic E-state index is 0.770. The van der Waals surface area contributed by atoms with Crippen LogP contribution in [0.3, 0.4) is 0 Å². The molecule has 48 heavy (non-hydrogen) atoms. The standard InChI is InChI=1S/C38H20N4O2S4/c1-43-33-19-5-3-6-20(33)36-40-30-24(46-36)14-10-18-12-16-26-32(28(18)30)42-38(48-26)22-8-4-7-21(34(22)44-2)37-41-31-25(47-37)15-11-17-9-13-23-29(27(17)31)39-35(19)45-23/h3-16H,1-2H3. The van der Waals surface area contributed by atoms with Gasteiger partial charge in [-0.1, -0.05) is 36.4 Å². The molecule has 0 radical (unpaired) electrons. The molecule has 0 atom stereocenters. The Morgan fingerprint density at radius 1 is 0.396 bits per heavy atom. The van der Waals surface area contributed by atoms with E-state index in [1.165, 1.54) is 0 Å². The lowest BCUT2D eigenvalue weighted by Crippen LogP contribution is -1.86. The van der Waals surface area contributed by atoms with Gasteiger partial charge < -0.3 is 9.47 Å². The maximum atomic E-state index is 6.17. The van der Waals surface area contributed by atoms with Crippen LogP contribution in [0.5, 0.6) is 11.5 Å². The first kappa shape index (κ1) is 27.0. The van der Waals surface area contributed by atoms with Crippen LogP contribution in [-0.2, 0) is 0 Å². The molecule has 12 bridgehead atoms. The number of thiazole rings is 4. The van der Waals surface area contributed by atoms with E-state index >= 15 is 0 Å². The Hall–Kier alpha value is -5.00. The predicted molar refractivity (Wildman–Crippen MR) is 206 cm³/mol. The van der Waals surface area contributed by atoms with Gasteiger partial charge in [-0.2, -0.15) is 0 Å². The molecule has 0 fully saturated rings. The number of para-hydroxylation sites is 2. The third kappa shape index (κ3) is 3.60. The van der Waals surface area contributed by atoms with Crippen LogP contribution >= 0.6 is 45.3 Å². The first-order chi connectivity index (χ1) is 23.7. The van der Waals surface area contributed by atoms with Crippen LogP contribution in [0.15, 0.2) is 84.9 Å². The lowest BCUT2D eigenvalue weighted by molar-refractivity contribution is 0.424. The number of rotatable bonds is 2. The number of aromatic nitrogens is 4. The van der Waals surface area contributed by atoms with Gasteiger partial charge in [-0.3, -0.25) is 0 Å². The van der Waals surface area contributed by atoms with Crippen LogP contribution in [0.1, 0.15) is 0 Å². The molecule has 0 aliphatic heterocycles. The lowest BCUT2D eigenvalue weighted by Gasteiger charge is -2.04. The van der Waals surface area contributed by atoms with Gasteiger partial charge in [0.25, 0.3) is 0 Å². The van der Waals surface area contributed by atoms with Crippen LogP contribution in [-0.4, -0.2) is 34.2 Å². The number of methoxy groups -OCH3 is 2. The topological polar surface area (TPSA) is 70.0 Å². The predicted octanol–water partition coefficient (Wildman–Crippen LogP) is 11.6. The quantitative estimate of drug-likeness (QED) is 0.180. The van der Waals surface area contributed by atoms with Gasteiger partial charge in [0.2, 0.25) is 0 Å². The average Bonchev–Trinajstić information content (AvgIpc) is 3.93. The van der Waals surface area contributed by atoms with Crippen LogP contribution < -0.4 is 9.47 Å². The highest BCUT2D eigenvalue weighted by atomic mass is 32.1. The van der Waals surface area contributed by atoms with Crippen LogP contribution in [0.25, 0.3) is 103 Å². The molecule has 11 aromatic rings. The van der Waals surface area contributed by atoms with Gasteiger partial charge >= 0.3 is 0 Å². The Morgan fingerprint density at radius 3 is 0.958 bits per heavy atom. The molecule has 5 heterocycles. The van der Waals surface area contributed by atoms with Crippen molar-refractivity contribution in [2.45, 2.75) is 0 Å². The van der Waals surface area contributed by atoms with Crippen molar-refractivity contribution in [1.82, 2.24) is 19.9 Å². The van der Waals surface area contributed by atoms with E-state index in [9.17, 15) is 0 Å². The normalized spacial score (nSPS) is 12.4. The number of ether oxygens (including phenoxy) is 2. The van der Waals surface area contributed by atoms with Gasteiger partial charge in [-0.25, -0.2) is 19.9 Å². The average molecular weight is 693 g/mol. The zero-order valence-corrected chi connectivity index (χ0v) is 28.6. The van der Waals surface area contributed by atoms with E-state index < -0.39 is 0 Å².